The molecule has 23 heavy (non-hydrogen) atoms. The van der Waals surface area contributed by atoms with E-state index in [0.717, 1.165) is 5.57 Å². The molecular formula is C19H36O3Sn. The van der Waals surface area contributed by atoms with Gasteiger partial charge in [0.15, 0.2) is 0 Å². The number of carbonyl (C=O) groups excluding carboxylic acids is 1. The Bertz CT molecular complexity index is 393. The average molecular weight is 431 g/mol. The first-order valence-corrected chi connectivity index (χ1v) is 17.0. The van der Waals surface area contributed by atoms with E-state index in [2.05, 4.69) is 20.8 Å². The van der Waals surface area contributed by atoms with Crippen molar-refractivity contribution in [1.82, 2.24) is 0 Å². The van der Waals surface area contributed by atoms with E-state index in [1.165, 1.54) is 55.4 Å². The van der Waals surface area contributed by atoms with Gasteiger partial charge in [-0.25, -0.2) is 0 Å². The summed E-state index contributed by atoms with van der Waals surface area (Å²) in [5.41, 5.74) is 0.995. The van der Waals surface area contributed by atoms with Gasteiger partial charge in [0.2, 0.25) is 0 Å². The molecule has 2 N–H and O–H groups in total. The molecule has 0 spiro atoms. The summed E-state index contributed by atoms with van der Waals surface area (Å²) in [6, 6.07) is 0. The number of allylic oxidation sites excluding steroid dienone is 2. The van der Waals surface area contributed by atoms with Gasteiger partial charge in [-0.05, 0) is 0 Å². The molecule has 1 aliphatic carbocycles. The minimum atomic E-state index is -2.58. The van der Waals surface area contributed by atoms with E-state index in [1.807, 2.05) is 6.92 Å². The van der Waals surface area contributed by atoms with Crippen molar-refractivity contribution >= 4 is 24.2 Å². The van der Waals surface area contributed by atoms with Crippen molar-refractivity contribution in [3.63, 3.8) is 0 Å². The van der Waals surface area contributed by atoms with E-state index in [9.17, 15) is 15.0 Å². The Kier molecular flexibility index (Phi) is 9.38. The van der Waals surface area contributed by atoms with Crippen LogP contribution in [0.5, 0.6) is 0 Å². The standard InChI is InChI=1S/C7H9O3.3C4H9.Sn/c1-4-2-5(7(4)10)3-6(8)9;3*1-3-4-2;/h5-6,8-9H,3H2,1H3;3*1,3-4H2,2H3;. The van der Waals surface area contributed by atoms with Crippen LogP contribution in [-0.4, -0.2) is 40.7 Å². The zero-order valence-corrected chi connectivity index (χ0v) is 18.4. The van der Waals surface area contributed by atoms with Crippen molar-refractivity contribution in [3.05, 3.63) is 9.16 Å². The Morgan fingerprint density at radius 2 is 1.39 bits per heavy atom. The van der Waals surface area contributed by atoms with Gasteiger partial charge in [-0.2, -0.15) is 0 Å². The van der Waals surface area contributed by atoms with Gasteiger partial charge in [0.1, 0.15) is 0 Å². The molecule has 0 fully saturated rings. The number of aliphatic hydroxyl groups excluding tert-OH is 1. The predicted molar refractivity (Wildman–Crippen MR) is 98.9 cm³/mol. The van der Waals surface area contributed by atoms with Crippen LogP contribution in [0, 0.1) is 5.92 Å². The van der Waals surface area contributed by atoms with Crippen LogP contribution in [-0.2, 0) is 4.79 Å². The molecule has 0 bridgehead atoms. The molecule has 0 saturated heterocycles. The summed E-state index contributed by atoms with van der Waals surface area (Å²) in [5.74, 6) is 0.00930. The second-order valence-electron chi connectivity index (χ2n) is 7.26. The molecule has 0 aromatic rings. The van der Waals surface area contributed by atoms with Crippen molar-refractivity contribution in [2.24, 2.45) is 5.92 Å². The third-order valence-electron chi connectivity index (χ3n) is 5.48. The van der Waals surface area contributed by atoms with Gasteiger partial charge in [0.25, 0.3) is 0 Å². The van der Waals surface area contributed by atoms with Crippen molar-refractivity contribution in [3.8, 4) is 0 Å². The predicted octanol–water partition coefficient (Wildman–Crippen LogP) is 4.59. The van der Waals surface area contributed by atoms with Gasteiger partial charge in [-0.3, -0.25) is 0 Å². The van der Waals surface area contributed by atoms with Gasteiger partial charge in [-0.1, -0.05) is 0 Å². The Morgan fingerprint density at radius 3 is 1.74 bits per heavy atom. The number of hydrogen-bond donors (Lipinski definition) is 2. The molecule has 1 aliphatic rings. The summed E-state index contributed by atoms with van der Waals surface area (Å²) >= 11 is -2.58. The third kappa shape index (κ3) is 5.30. The molecule has 3 nitrogen and oxygen atoms in total. The molecule has 0 amide bonds. The number of aliphatic hydroxyl groups is 2. The van der Waals surface area contributed by atoms with E-state index in [0.29, 0.717) is 0 Å². The zero-order chi connectivity index (χ0) is 17.5. The maximum atomic E-state index is 12.3. The number of Topliss-reactive ketones (excluding diaryl/α,β-unsaturated/α-hetero) is 1. The zero-order valence-electron chi connectivity index (χ0n) is 15.5. The Labute approximate surface area is 146 Å². The molecule has 0 heterocycles. The third-order valence-corrected chi connectivity index (χ3v) is 22.0. The fourth-order valence-corrected chi connectivity index (χ4v) is 22.9. The van der Waals surface area contributed by atoms with E-state index in [-0.39, 0.29) is 18.1 Å². The van der Waals surface area contributed by atoms with Crippen LogP contribution in [0.3, 0.4) is 0 Å². The molecule has 1 atom stereocenters. The fraction of sp³-hybridized carbons (Fsp3) is 0.842. The first-order chi connectivity index (χ1) is 10.9. The van der Waals surface area contributed by atoms with Gasteiger partial charge < -0.3 is 0 Å². The monoisotopic (exact) mass is 432 g/mol. The number of ketones is 1. The summed E-state index contributed by atoms with van der Waals surface area (Å²) in [7, 11) is 0. The number of unbranched alkanes of at least 4 members (excludes halogenated alkanes) is 3. The van der Waals surface area contributed by atoms with E-state index >= 15 is 0 Å². The Balaban J connectivity index is 3.14. The summed E-state index contributed by atoms with van der Waals surface area (Å²) in [5, 5.41) is 18.8. The van der Waals surface area contributed by atoms with E-state index in [1.54, 1.807) is 0 Å². The summed E-state index contributed by atoms with van der Waals surface area (Å²) in [6.45, 7) is 8.74. The second kappa shape index (κ2) is 10.2. The molecule has 4 heteroatoms. The molecule has 0 saturated carbocycles. The molecular weight excluding hydrogens is 395 g/mol. The van der Waals surface area contributed by atoms with Gasteiger partial charge >= 0.3 is 146 Å². The van der Waals surface area contributed by atoms with Gasteiger partial charge in [0, 0.05) is 0 Å². The summed E-state index contributed by atoms with van der Waals surface area (Å²) in [4.78, 5) is 12.3. The van der Waals surface area contributed by atoms with Crippen LogP contribution in [0.1, 0.15) is 72.6 Å². The summed E-state index contributed by atoms with van der Waals surface area (Å²) in [6.07, 6.45) is 6.29. The topological polar surface area (TPSA) is 57.5 Å². The number of rotatable bonds is 12. The van der Waals surface area contributed by atoms with Crippen molar-refractivity contribution < 1.29 is 15.0 Å². The normalized spacial score (nSPS) is 18.7. The molecule has 0 aromatic heterocycles. The van der Waals surface area contributed by atoms with Crippen LogP contribution in [0.4, 0.5) is 0 Å². The number of carbonyl (C=O) groups is 1. The Morgan fingerprint density at radius 1 is 0.957 bits per heavy atom. The van der Waals surface area contributed by atoms with Crippen LogP contribution >= 0.6 is 0 Å². The molecule has 1 rings (SSSR count). The van der Waals surface area contributed by atoms with Gasteiger partial charge in [-0.15, -0.1) is 0 Å². The minimum absolute atomic E-state index is 0.170. The first-order valence-electron chi connectivity index (χ1n) is 9.55. The molecule has 134 valence electrons. The van der Waals surface area contributed by atoms with Crippen LogP contribution in [0.15, 0.2) is 9.16 Å². The van der Waals surface area contributed by atoms with Crippen molar-refractivity contribution in [1.29, 1.82) is 0 Å². The first kappa shape index (κ1) is 21.2. The second-order valence-corrected chi connectivity index (χ2v) is 20.4. The van der Waals surface area contributed by atoms with E-state index < -0.39 is 24.7 Å². The van der Waals surface area contributed by atoms with Crippen LogP contribution in [0.2, 0.25) is 13.3 Å². The SMILES string of the molecule is CCC[CH2][Sn]([CH2]CCC)([CH2]CCC)[C]1=C(C)C(=O)C1CC(O)O. The fourth-order valence-electron chi connectivity index (χ4n) is 4.24. The molecule has 0 aromatic carbocycles. The summed E-state index contributed by atoms with van der Waals surface area (Å²) < 4.78 is 5.47. The van der Waals surface area contributed by atoms with Gasteiger partial charge in [0.05, 0.1) is 0 Å². The van der Waals surface area contributed by atoms with Crippen molar-refractivity contribution in [2.45, 2.75) is 92.2 Å². The quantitative estimate of drug-likeness (QED) is 0.351. The molecule has 0 radical (unpaired) electrons. The van der Waals surface area contributed by atoms with Crippen molar-refractivity contribution in [2.75, 3.05) is 0 Å². The Hall–Kier alpha value is 0.129. The molecule has 1 unspecified atom stereocenters. The van der Waals surface area contributed by atoms with Crippen LogP contribution < -0.4 is 0 Å². The van der Waals surface area contributed by atoms with E-state index in [4.69, 9.17) is 0 Å². The maximum absolute atomic E-state index is 12.3. The average Bonchev–Trinajstić information content (AvgIpc) is 2.54. The van der Waals surface area contributed by atoms with Crippen LogP contribution in [0.25, 0.3) is 0 Å². The number of hydrogen-bond acceptors (Lipinski definition) is 3. The molecule has 0 aliphatic heterocycles.